The molecule has 0 radical (unpaired) electrons. The van der Waals surface area contributed by atoms with Crippen LogP contribution in [-0.2, 0) is 9.59 Å². The van der Waals surface area contributed by atoms with Crippen molar-refractivity contribution >= 4 is 23.1 Å². The van der Waals surface area contributed by atoms with E-state index in [9.17, 15) is 14.7 Å². The third kappa shape index (κ3) is 3.14. The summed E-state index contributed by atoms with van der Waals surface area (Å²) in [5.41, 5.74) is 2.88. The number of ketones is 1. The first-order valence-electron chi connectivity index (χ1n) is 9.38. The van der Waals surface area contributed by atoms with E-state index in [-0.39, 0.29) is 11.3 Å². The fraction of sp³-hybridized carbons (Fsp3) is 0.167. The van der Waals surface area contributed by atoms with Gasteiger partial charge in [-0.15, -0.1) is 0 Å². The van der Waals surface area contributed by atoms with E-state index in [2.05, 4.69) is 0 Å². The summed E-state index contributed by atoms with van der Waals surface area (Å²) in [6.07, 6.45) is 0. The minimum absolute atomic E-state index is 0.0295. The molecular weight excluding hydrogens is 366 g/mol. The van der Waals surface area contributed by atoms with E-state index in [0.717, 1.165) is 11.1 Å². The summed E-state index contributed by atoms with van der Waals surface area (Å²) in [5.74, 6) is -0.529. The second kappa shape index (κ2) is 7.09. The number of aliphatic hydroxyl groups excluding tert-OH is 1. The number of Topliss-reactive ketones (excluding diaryl/α,β-unsaturated/α-hetero) is 1. The Morgan fingerprint density at radius 1 is 0.966 bits per heavy atom. The fourth-order valence-corrected chi connectivity index (χ4v) is 3.69. The molecule has 1 amide bonds. The third-order valence-electron chi connectivity index (χ3n) is 5.16. The molecule has 0 saturated carbocycles. The van der Waals surface area contributed by atoms with Crippen LogP contribution in [0.2, 0.25) is 0 Å². The number of aliphatic hydroxyl groups is 1. The van der Waals surface area contributed by atoms with Crippen LogP contribution in [0.5, 0.6) is 0 Å². The molecule has 1 aliphatic heterocycles. The Morgan fingerprint density at radius 2 is 1.69 bits per heavy atom. The lowest BCUT2D eigenvalue weighted by Gasteiger charge is -2.23. The molecule has 5 nitrogen and oxygen atoms in total. The molecule has 4 rings (SSSR count). The summed E-state index contributed by atoms with van der Waals surface area (Å²) in [6, 6.07) is 17.2. The third-order valence-corrected chi connectivity index (χ3v) is 5.16. The van der Waals surface area contributed by atoms with Crippen LogP contribution in [0.3, 0.4) is 0 Å². The molecule has 1 unspecified atom stereocenters. The number of para-hydroxylation sites is 1. The Labute approximate surface area is 168 Å². The molecule has 0 bridgehead atoms. The lowest BCUT2D eigenvalue weighted by Crippen LogP contribution is -2.29. The van der Waals surface area contributed by atoms with Gasteiger partial charge in [-0.25, -0.2) is 0 Å². The molecule has 1 N–H and O–H groups in total. The van der Waals surface area contributed by atoms with Gasteiger partial charge in [0.2, 0.25) is 0 Å². The number of furan rings is 1. The van der Waals surface area contributed by atoms with Crippen LogP contribution in [0, 0.1) is 20.8 Å². The fourth-order valence-electron chi connectivity index (χ4n) is 3.69. The first-order chi connectivity index (χ1) is 13.9. The predicted molar refractivity (Wildman–Crippen MR) is 111 cm³/mol. The van der Waals surface area contributed by atoms with Crippen molar-refractivity contribution in [2.45, 2.75) is 26.8 Å². The van der Waals surface area contributed by atoms with Gasteiger partial charge in [-0.05, 0) is 56.7 Å². The number of rotatable bonds is 3. The second-order valence-electron chi connectivity index (χ2n) is 7.27. The van der Waals surface area contributed by atoms with Crippen LogP contribution in [0.1, 0.15) is 34.3 Å². The summed E-state index contributed by atoms with van der Waals surface area (Å²) in [7, 11) is 0. The number of hydrogen-bond donors (Lipinski definition) is 1. The van der Waals surface area contributed by atoms with Gasteiger partial charge in [0.1, 0.15) is 23.3 Å². The van der Waals surface area contributed by atoms with Crippen LogP contribution >= 0.6 is 0 Å². The molecule has 0 aliphatic carbocycles. The topological polar surface area (TPSA) is 70.8 Å². The number of anilines is 1. The molecule has 1 aromatic heterocycles. The van der Waals surface area contributed by atoms with Crippen molar-refractivity contribution in [1.82, 2.24) is 0 Å². The van der Waals surface area contributed by atoms with Crippen LogP contribution in [0.15, 0.2) is 70.7 Å². The molecule has 1 atom stereocenters. The van der Waals surface area contributed by atoms with E-state index in [4.69, 9.17) is 4.42 Å². The summed E-state index contributed by atoms with van der Waals surface area (Å²) in [6.45, 7) is 5.56. The Kier molecular flexibility index (Phi) is 4.59. The van der Waals surface area contributed by atoms with Crippen molar-refractivity contribution < 1.29 is 19.1 Å². The van der Waals surface area contributed by atoms with Crippen LogP contribution in [-0.4, -0.2) is 16.8 Å². The zero-order chi connectivity index (χ0) is 20.7. The van der Waals surface area contributed by atoms with Gasteiger partial charge in [-0.2, -0.15) is 0 Å². The molecule has 1 aliphatic rings. The van der Waals surface area contributed by atoms with E-state index in [0.29, 0.717) is 22.8 Å². The minimum atomic E-state index is -0.842. The lowest BCUT2D eigenvalue weighted by molar-refractivity contribution is -0.132. The molecule has 0 spiro atoms. The number of carbonyl (C=O) groups is 2. The Bertz CT molecular complexity index is 1140. The zero-order valence-electron chi connectivity index (χ0n) is 16.5. The molecule has 5 heteroatoms. The molecule has 1 fully saturated rings. The first kappa shape index (κ1) is 18.7. The molecule has 2 heterocycles. The predicted octanol–water partition coefficient (Wildman–Crippen LogP) is 4.83. The van der Waals surface area contributed by atoms with Crippen LogP contribution < -0.4 is 4.90 Å². The van der Waals surface area contributed by atoms with E-state index in [1.165, 1.54) is 4.90 Å². The Balaban J connectivity index is 1.97. The number of amides is 1. The maximum Gasteiger partial charge on any atom is 0.300 e. The quantitative estimate of drug-likeness (QED) is 0.397. The highest BCUT2D eigenvalue weighted by atomic mass is 16.3. The Hall–Kier alpha value is -3.60. The van der Waals surface area contributed by atoms with Crippen molar-refractivity contribution in [2.75, 3.05) is 4.90 Å². The van der Waals surface area contributed by atoms with Crippen molar-refractivity contribution in [3.63, 3.8) is 0 Å². The van der Waals surface area contributed by atoms with Gasteiger partial charge in [0.05, 0.1) is 5.57 Å². The summed E-state index contributed by atoms with van der Waals surface area (Å²) >= 11 is 0. The molecule has 29 heavy (non-hydrogen) atoms. The molecular formula is C24H21NO4. The molecule has 1 saturated heterocycles. The highest BCUT2D eigenvalue weighted by Gasteiger charge is 2.48. The maximum atomic E-state index is 13.0. The van der Waals surface area contributed by atoms with Gasteiger partial charge >= 0.3 is 0 Å². The van der Waals surface area contributed by atoms with Crippen LogP contribution in [0.4, 0.5) is 5.69 Å². The summed E-state index contributed by atoms with van der Waals surface area (Å²) < 4.78 is 5.79. The average molecular weight is 387 g/mol. The lowest BCUT2D eigenvalue weighted by atomic mass is 9.96. The number of nitrogens with zero attached hydrogens (tertiary/aromatic N) is 1. The largest absolute Gasteiger partial charge is 0.507 e. The van der Waals surface area contributed by atoms with E-state index in [1.807, 2.05) is 38.1 Å². The van der Waals surface area contributed by atoms with E-state index in [1.54, 1.807) is 43.3 Å². The van der Waals surface area contributed by atoms with Crippen molar-refractivity contribution in [3.8, 4) is 0 Å². The van der Waals surface area contributed by atoms with E-state index < -0.39 is 17.7 Å². The standard InChI is InChI=1S/C24H21NO4/c1-14-9-10-15(2)18(13-14)22(26)20-21(19-12-11-16(3)29-19)25(24(28)23(20)27)17-7-5-4-6-8-17/h4-13,21,26H,1-3H3/b22-20+. The summed E-state index contributed by atoms with van der Waals surface area (Å²) in [4.78, 5) is 27.4. The van der Waals surface area contributed by atoms with Crippen molar-refractivity contribution in [3.05, 3.63) is 94.4 Å². The molecule has 146 valence electrons. The van der Waals surface area contributed by atoms with Gasteiger partial charge in [-0.3, -0.25) is 14.5 Å². The highest BCUT2D eigenvalue weighted by Crippen LogP contribution is 2.42. The van der Waals surface area contributed by atoms with Gasteiger partial charge in [0, 0.05) is 11.3 Å². The molecule has 2 aromatic carbocycles. The van der Waals surface area contributed by atoms with Gasteiger partial charge in [0.25, 0.3) is 11.7 Å². The normalized spacial score (nSPS) is 18.4. The monoisotopic (exact) mass is 387 g/mol. The number of carbonyl (C=O) groups excluding carboxylic acids is 2. The second-order valence-corrected chi connectivity index (χ2v) is 7.27. The Morgan fingerprint density at radius 3 is 2.34 bits per heavy atom. The minimum Gasteiger partial charge on any atom is -0.507 e. The summed E-state index contributed by atoms with van der Waals surface area (Å²) in [5, 5.41) is 11.2. The maximum absolute atomic E-state index is 13.0. The number of hydrogen-bond acceptors (Lipinski definition) is 4. The molecule has 3 aromatic rings. The SMILES string of the molecule is Cc1ccc(C)c(/C(O)=C2\C(=O)C(=O)N(c3ccccc3)C2c2ccc(C)o2)c1. The van der Waals surface area contributed by atoms with Crippen molar-refractivity contribution in [1.29, 1.82) is 0 Å². The highest BCUT2D eigenvalue weighted by molar-refractivity contribution is 6.51. The van der Waals surface area contributed by atoms with Gasteiger partial charge in [0.15, 0.2) is 0 Å². The van der Waals surface area contributed by atoms with E-state index >= 15 is 0 Å². The van der Waals surface area contributed by atoms with Crippen molar-refractivity contribution in [2.24, 2.45) is 0 Å². The smallest absolute Gasteiger partial charge is 0.300 e. The first-order valence-corrected chi connectivity index (χ1v) is 9.38. The average Bonchev–Trinajstić information content (AvgIpc) is 3.25. The van der Waals surface area contributed by atoms with Gasteiger partial charge < -0.3 is 9.52 Å². The number of aryl methyl sites for hydroxylation is 3. The number of benzene rings is 2. The zero-order valence-corrected chi connectivity index (χ0v) is 16.5. The van der Waals surface area contributed by atoms with Crippen LogP contribution in [0.25, 0.3) is 5.76 Å². The van der Waals surface area contributed by atoms with Gasteiger partial charge in [-0.1, -0.05) is 35.9 Å².